The molecule has 0 unspecified atom stereocenters. The van der Waals surface area contributed by atoms with Crippen molar-refractivity contribution >= 4 is 10.9 Å². The molecule has 0 aliphatic carbocycles. The number of rotatable bonds is 0. The lowest BCUT2D eigenvalue weighted by molar-refractivity contribution is 0.259. The minimum absolute atomic E-state index is 0.0346. The minimum atomic E-state index is 0.0346. The zero-order valence-corrected chi connectivity index (χ0v) is 13.4. The third-order valence-corrected chi connectivity index (χ3v) is 4.15. The highest BCUT2D eigenvalue weighted by molar-refractivity contribution is 5.79. The monoisotopic (exact) mass is 316 g/mol. The van der Waals surface area contributed by atoms with Crippen LogP contribution in [0.2, 0.25) is 0 Å². The van der Waals surface area contributed by atoms with Crippen molar-refractivity contribution in [2.45, 2.75) is 13.1 Å². The zero-order valence-electron chi connectivity index (χ0n) is 13.4. The maximum atomic E-state index is 12.6. The van der Waals surface area contributed by atoms with Crippen molar-refractivity contribution < 1.29 is 0 Å². The average molecular weight is 316 g/mol. The third kappa shape index (κ3) is 2.68. The van der Waals surface area contributed by atoms with E-state index >= 15 is 0 Å². The largest absolute Gasteiger partial charge is 0.297 e. The summed E-state index contributed by atoms with van der Waals surface area (Å²) in [7, 11) is 2.04. The molecule has 0 fully saturated rings. The molecule has 5 heteroatoms. The number of pyridine rings is 1. The van der Waals surface area contributed by atoms with Gasteiger partial charge < -0.3 is 0 Å². The van der Waals surface area contributed by atoms with E-state index in [1.165, 1.54) is 0 Å². The van der Waals surface area contributed by atoms with E-state index in [9.17, 15) is 4.79 Å². The van der Waals surface area contributed by atoms with Crippen LogP contribution in [0.15, 0.2) is 47.4 Å². The molecule has 0 N–H and O–H groups in total. The summed E-state index contributed by atoms with van der Waals surface area (Å²) in [5.41, 5.74) is 2.29. The lowest BCUT2D eigenvalue weighted by Gasteiger charge is -2.25. The number of benzene rings is 1. The highest BCUT2D eigenvalue weighted by Crippen LogP contribution is 2.14. The first kappa shape index (κ1) is 14.6. The first-order valence-electron chi connectivity index (χ1n) is 7.86. The normalized spacial score (nSPS) is 14.0. The molecule has 0 saturated heterocycles. The molecule has 0 spiro atoms. The summed E-state index contributed by atoms with van der Waals surface area (Å²) in [6.07, 6.45) is 1.72. The SMILES string of the molecule is CN1CCn2c(nc3cc(C#Cc4ccccn4)ccc3c2=O)C1. The van der Waals surface area contributed by atoms with Crippen LogP contribution in [0.4, 0.5) is 0 Å². The fraction of sp³-hybridized carbons (Fsp3) is 0.211. The maximum Gasteiger partial charge on any atom is 0.261 e. The van der Waals surface area contributed by atoms with Crippen LogP contribution < -0.4 is 5.56 Å². The summed E-state index contributed by atoms with van der Waals surface area (Å²) in [6, 6.07) is 11.2. The molecule has 1 aliphatic heterocycles. The van der Waals surface area contributed by atoms with E-state index in [-0.39, 0.29) is 5.56 Å². The summed E-state index contributed by atoms with van der Waals surface area (Å²) in [6.45, 7) is 2.25. The Bertz CT molecular complexity index is 1030. The lowest BCUT2D eigenvalue weighted by atomic mass is 10.1. The Morgan fingerprint density at radius 2 is 2.04 bits per heavy atom. The van der Waals surface area contributed by atoms with Gasteiger partial charge in [-0.2, -0.15) is 0 Å². The van der Waals surface area contributed by atoms with Gasteiger partial charge in [-0.3, -0.25) is 14.3 Å². The molecule has 3 aromatic rings. The molecule has 0 atom stereocenters. The summed E-state index contributed by atoms with van der Waals surface area (Å²) in [5.74, 6) is 6.93. The molecule has 5 nitrogen and oxygen atoms in total. The second-order valence-electron chi connectivity index (χ2n) is 5.92. The molecule has 0 radical (unpaired) electrons. The van der Waals surface area contributed by atoms with Crippen molar-refractivity contribution in [2.75, 3.05) is 13.6 Å². The van der Waals surface area contributed by atoms with E-state index in [1.807, 2.05) is 43.4 Å². The lowest BCUT2D eigenvalue weighted by Crippen LogP contribution is -2.38. The van der Waals surface area contributed by atoms with E-state index in [4.69, 9.17) is 0 Å². The molecule has 4 rings (SSSR count). The van der Waals surface area contributed by atoms with E-state index in [1.54, 1.807) is 10.8 Å². The summed E-state index contributed by atoms with van der Waals surface area (Å²) < 4.78 is 1.78. The molecule has 0 saturated carbocycles. The number of hydrogen-bond donors (Lipinski definition) is 0. The Morgan fingerprint density at radius 1 is 1.12 bits per heavy atom. The quantitative estimate of drug-likeness (QED) is 0.592. The van der Waals surface area contributed by atoms with Crippen LogP contribution in [0.3, 0.4) is 0 Å². The van der Waals surface area contributed by atoms with Crippen molar-refractivity contribution in [3.8, 4) is 11.8 Å². The van der Waals surface area contributed by atoms with Crippen LogP contribution in [-0.2, 0) is 13.1 Å². The van der Waals surface area contributed by atoms with E-state index in [0.717, 1.165) is 23.6 Å². The highest BCUT2D eigenvalue weighted by atomic mass is 16.1. The topological polar surface area (TPSA) is 51.0 Å². The van der Waals surface area contributed by atoms with Gasteiger partial charge in [0, 0.05) is 24.8 Å². The Balaban J connectivity index is 1.79. The van der Waals surface area contributed by atoms with Gasteiger partial charge >= 0.3 is 0 Å². The van der Waals surface area contributed by atoms with Crippen LogP contribution in [0.5, 0.6) is 0 Å². The van der Waals surface area contributed by atoms with Gasteiger partial charge in [0.2, 0.25) is 0 Å². The molecule has 2 aromatic heterocycles. The molecule has 0 amide bonds. The second kappa shape index (κ2) is 5.91. The van der Waals surface area contributed by atoms with Gasteiger partial charge in [-0.1, -0.05) is 12.0 Å². The molecule has 1 aliphatic rings. The Labute approximate surface area is 139 Å². The molecule has 118 valence electrons. The van der Waals surface area contributed by atoms with E-state index < -0.39 is 0 Å². The Kier molecular flexibility index (Phi) is 3.60. The Morgan fingerprint density at radius 3 is 2.88 bits per heavy atom. The van der Waals surface area contributed by atoms with Crippen molar-refractivity contribution in [2.24, 2.45) is 0 Å². The van der Waals surface area contributed by atoms with Crippen LogP contribution in [0.25, 0.3) is 10.9 Å². The van der Waals surface area contributed by atoms with Crippen LogP contribution >= 0.6 is 0 Å². The van der Waals surface area contributed by atoms with Gasteiger partial charge in [0.05, 0.1) is 17.4 Å². The average Bonchev–Trinajstić information content (AvgIpc) is 2.60. The fourth-order valence-corrected chi connectivity index (χ4v) is 2.86. The van der Waals surface area contributed by atoms with Crippen molar-refractivity contribution in [3.63, 3.8) is 0 Å². The predicted octanol–water partition coefficient (Wildman–Crippen LogP) is 1.64. The maximum absolute atomic E-state index is 12.6. The molecular formula is C19H16N4O. The molecule has 0 bridgehead atoms. The van der Waals surface area contributed by atoms with E-state index in [0.29, 0.717) is 24.0 Å². The molecular weight excluding hydrogens is 300 g/mol. The first-order chi connectivity index (χ1) is 11.7. The van der Waals surface area contributed by atoms with Gasteiger partial charge in [0.15, 0.2) is 0 Å². The fourth-order valence-electron chi connectivity index (χ4n) is 2.86. The summed E-state index contributed by atoms with van der Waals surface area (Å²) >= 11 is 0. The summed E-state index contributed by atoms with van der Waals surface area (Å²) in [4.78, 5) is 23.7. The van der Waals surface area contributed by atoms with Crippen LogP contribution in [0, 0.1) is 11.8 Å². The van der Waals surface area contributed by atoms with E-state index in [2.05, 4.69) is 26.7 Å². The third-order valence-electron chi connectivity index (χ3n) is 4.15. The number of fused-ring (bicyclic) bond motifs is 2. The van der Waals surface area contributed by atoms with Crippen molar-refractivity contribution in [1.82, 2.24) is 19.4 Å². The number of aromatic nitrogens is 3. The van der Waals surface area contributed by atoms with Crippen LogP contribution in [0.1, 0.15) is 17.1 Å². The zero-order chi connectivity index (χ0) is 16.5. The Hall–Kier alpha value is -2.97. The minimum Gasteiger partial charge on any atom is -0.297 e. The van der Waals surface area contributed by atoms with Gasteiger partial charge in [-0.15, -0.1) is 0 Å². The molecule has 24 heavy (non-hydrogen) atoms. The smallest absolute Gasteiger partial charge is 0.261 e. The van der Waals surface area contributed by atoms with Gasteiger partial charge in [0.1, 0.15) is 11.5 Å². The number of hydrogen-bond acceptors (Lipinski definition) is 4. The summed E-state index contributed by atoms with van der Waals surface area (Å²) in [5, 5.41) is 0.645. The van der Waals surface area contributed by atoms with Gasteiger partial charge in [0.25, 0.3) is 5.56 Å². The number of nitrogens with zero attached hydrogens (tertiary/aromatic N) is 4. The van der Waals surface area contributed by atoms with Crippen LogP contribution in [-0.4, -0.2) is 33.0 Å². The molecule has 1 aromatic carbocycles. The predicted molar refractivity (Wildman–Crippen MR) is 92.6 cm³/mol. The van der Waals surface area contributed by atoms with Gasteiger partial charge in [-0.25, -0.2) is 9.97 Å². The standard InChI is InChI=1S/C19H16N4O/c1-22-10-11-23-18(13-22)21-17-12-14(6-8-16(17)19(23)24)5-7-15-4-2-3-9-20-15/h2-4,6,8-9,12H,10-11,13H2,1H3. The molecule has 3 heterocycles. The first-order valence-corrected chi connectivity index (χ1v) is 7.86. The van der Waals surface area contributed by atoms with Crippen molar-refractivity contribution in [3.05, 3.63) is 70.0 Å². The second-order valence-corrected chi connectivity index (χ2v) is 5.92. The van der Waals surface area contributed by atoms with Gasteiger partial charge in [-0.05, 0) is 43.3 Å². The van der Waals surface area contributed by atoms with Crippen molar-refractivity contribution in [1.29, 1.82) is 0 Å². The highest BCUT2D eigenvalue weighted by Gasteiger charge is 2.17. The number of likely N-dealkylation sites (N-methyl/N-ethyl adjacent to an activating group) is 1.